The number of aromatic nitrogens is 2. The highest BCUT2D eigenvalue weighted by Gasteiger charge is 1.93. The predicted octanol–water partition coefficient (Wildman–Crippen LogP) is 0.144. The van der Waals surface area contributed by atoms with Crippen LogP contribution in [-0.4, -0.2) is 55.3 Å². The molecule has 0 atom stereocenters. The van der Waals surface area contributed by atoms with Crippen molar-refractivity contribution in [3.63, 3.8) is 0 Å². The Balaban J connectivity index is 1.93. The molecule has 0 aliphatic rings. The van der Waals surface area contributed by atoms with Crippen molar-refractivity contribution in [3.05, 3.63) is 24.3 Å². The summed E-state index contributed by atoms with van der Waals surface area (Å²) in [7, 11) is 4.08. The fourth-order valence-electron chi connectivity index (χ4n) is 1.15. The number of hydrogen-bond donors (Lipinski definition) is 1. The molecular formula is C11H20N4O. The van der Waals surface area contributed by atoms with E-state index in [1.54, 1.807) is 0 Å². The van der Waals surface area contributed by atoms with Crippen molar-refractivity contribution in [1.82, 2.24) is 20.2 Å². The monoisotopic (exact) mass is 224 g/mol. The van der Waals surface area contributed by atoms with Gasteiger partial charge < -0.3 is 15.0 Å². The van der Waals surface area contributed by atoms with Crippen LogP contribution in [0.4, 0.5) is 0 Å². The van der Waals surface area contributed by atoms with Gasteiger partial charge in [-0.1, -0.05) is 0 Å². The fraction of sp³-hybridized carbons (Fsp3) is 0.636. The molecule has 0 radical (unpaired) electrons. The third-order valence-corrected chi connectivity index (χ3v) is 2.05. The fourth-order valence-corrected chi connectivity index (χ4v) is 1.15. The van der Waals surface area contributed by atoms with Crippen LogP contribution in [0.3, 0.4) is 0 Å². The first-order chi connectivity index (χ1) is 7.79. The van der Waals surface area contributed by atoms with Crippen LogP contribution in [0.25, 0.3) is 0 Å². The maximum absolute atomic E-state index is 5.45. The molecule has 5 heteroatoms. The molecule has 1 aromatic heterocycles. The van der Waals surface area contributed by atoms with E-state index in [-0.39, 0.29) is 0 Å². The lowest BCUT2D eigenvalue weighted by molar-refractivity contribution is 0.119. The summed E-state index contributed by atoms with van der Waals surface area (Å²) >= 11 is 0. The molecule has 0 aromatic carbocycles. The zero-order valence-corrected chi connectivity index (χ0v) is 10.0. The maximum Gasteiger partial charge on any atom is 0.115 e. The van der Waals surface area contributed by atoms with Gasteiger partial charge in [-0.15, -0.1) is 0 Å². The molecular weight excluding hydrogens is 204 g/mol. The molecule has 0 bridgehead atoms. The van der Waals surface area contributed by atoms with E-state index >= 15 is 0 Å². The minimum Gasteiger partial charge on any atom is -0.379 e. The van der Waals surface area contributed by atoms with Crippen molar-refractivity contribution in [3.8, 4) is 0 Å². The Morgan fingerprint density at radius 1 is 1.25 bits per heavy atom. The van der Waals surface area contributed by atoms with Gasteiger partial charge in [0.05, 0.1) is 13.2 Å². The number of rotatable bonds is 8. The second-order valence-corrected chi connectivity index (χ2v) is 3.84. The van der Waals surface area contributed by atoms with Gasteiger partial charge in [-0.2, -0.15) is 0 Å². The number of hydrogen-bond acceptors (Lipinski definition) is 5. The van der Waals surface area contributed by atoms with Crippen LogP contribution >= 0.6 is 0 Å². The Labute approximate surface area is 96.8 Å². The first-order valence-corrected chi connectivity index (χ1v) is 5.46. The van der Waals surface area contributed by atoms with Gasteiger partial charge in [0.2, 0.25) is 0 Å². The highest BCUT2D eigenvalue weighted by atomic mass is 16.5. The lowest BCUT2D eigenvalue weighted by atomic mass is 10.3. The summed E-state index contributed by atoms with van der Waals surface area (Å²) in [5.41, 5.74) is 1.09. The molecule has 0 aliphatic heterocycles. The van der Waals surface area contributed by atoms with E-state index in [9.17, 15) is 0 Å². The molecule has 0 spiro atoms. The van der Waals surface area contributed by atoms with Crippen LogP contribution < -0.4 is 5.32 Å². The van der Waals surface area contributed by atoms with Crippen molar-refractivity contribution < 1.29 is 4.74 Å². The average Bonchev–Trinajstić information content (AvgIpc) is 2.29. The normalized spacial score (nSPS) is 10.9. The minimum atomic E-state index is 0.738. The molecule has 1 N–H and O–H groups in total. The Hall–Kier alpha value is -1.04. The summed E-state index contributed by atoms with van der Waals surface area (Å²) in [5, 5.41) is 3.27. The molecule has 1 heterocycles. The molecule has 1 rings (SSSR count). The lowest BCUT2D eigenvalue weighted by Gasteiger charge is -2.10. The third-order valence-electron chi connectivity index (χ3n) is 2.05. The smallest absolute Gasteiger partial charge is 0.115 e. The first-order valence-electron chi connectivity index (χ1n) is 5.46. The average molecular weight is 224 g/mol. The van der Waals surface area contributed by atoms with Crippen molar-refractivity contribution in [1.29, 1.82) is 0 Å². The Kier molecular flexibility index (Phi) is 6.64. The molecule has 0 saturated heterocycles. The van der Waals surface area contributed by atoms with Crippen LogP contribution in [0, 0.1) is 0 Å². The maximum atomic E-state index is 5.45. The van der Waals surface area contributed by atoms with E-state index in [0.717, 1.165) is 38.4 Å². The second-order valence-electron chi connectivity index (χ2n) is 3.84. The van der Waals surface area contributed by atoms with Gasteiger partial charge in [-0.25, -0.2) is 9.97 Å². The van der Waals surface area contributed by atoms with E-state index in [2.05, 4.69) is 20.2 Å². The Bertz CT molecular complexity index is 266. The van der Waals surface area contributed by atoms with Gasteiger partial charge in [0.15, 0.2) is 0 Å². The molecule has 16 heavy (non-hydrogen) atoms. The van der Waals surface area contributed by atoms with E-state index in [1.807, 2.05) is 26.5 Å². The predicted molar refractivity (Wildman–Crippen MR) is 63.1 cm³/mol. The van der Waals surface area contributed by atoms with E-state index < -0.39 is 0 Å². The van der Waals surface area contributed by atoms with Gasteiger partial charge in [0.1, 0.15) is 6.33 Å². The van der Waals surface area contributed by atoms with Crippen LogP contribution in [0.1, 0.15) is 5.56 Å². The molecule has 1 aromatic rings. The van der Waals surface area contributed by atoms with Crippen molar-refractivity contribution in [2.75, 3.05) is 40.4 Å². The summed E-state index contributed by atoms with van der Waals surface area (Å²) < 4.78 is 5.45. The number of likely N-dealkylation sites (N-methyl/N-ethyl adjacent to an activating group) is 1. The summed E-state index contributed by atoms with van der Waals surface area (Å²) in [4.78, 5) is 9.99. The molecule has 0 amide bonds. The summed E-state index contributed by atoms with van der Waals surface area (Å²) in [6.45, 7) is 4.12. The first kappa shape index (κ1) is 13.0. The van der Waals surface area contributed by atoms with Gasteiger partial charge >= 0.3 is 0 Å². The van der Waals surface area contributed by atoms with Crippen LogP contribution in [0.2, 0.25) is 0 Å². The highest BCUT2D eigenvalue weighted by molar-refractivity contribution is 5.01. The van der Waals surface area contributed by atoms with Gasteiger partial charge in [-0.05, 0) is 14.1 Å². The number of nitrogens with one attached hydrogen (secondary N) is 1. The zero-order valence-electron chi connectivity index (χ0n) is 10.0. The van der Waals surface area contributed by atoms with Crippen molar-refractivity contribution in [2.45, 2.75) is 6.54 Å². The van der Waals surface area contributed by atoms with Gasteiger partial charge in [0, 0.05) is 37.6 Å². The third kappa shape index (κ3) is 6.44. The quantitative estimate of drug-likeness (QED) is 0.637. The van der Waals surface area contributed by atoms with E-state index in [4.69, 9.17) is 4.74 Å². The summed E-state index contributed by atoms with van der Waals surface area (Å²) in [5.74, 6) is 0. The van der Waals surface area contributed by atoms with Gasteiger partial charge in [-0.3, -0.25) is 0 Å². The standard InChI is InChI=1S/C11H20N4O/c1-15(2)4-6-16-5-3-12-7-11-8-13-10-14-9-11/h8-10,12H,3-7H2,1-2H3. The highest BCUT2D eigenvalue weighted by Crippen LogP contribution is 1.90. The molecule has 0 aliphatic carbocycles. The SMILES string of the molecule is CN(C)CCOCCNCc1cncnc1. The summed E-state index contributed by atoms with van der Waals surface area (Å²) in [6, 6.07) is 0. The zero-order chi connectivity index (χ0) is 11.6. The summed E-state index contributed by atoms with van der Waals surface area (Å²) in [6.07, 6.45) is 5.16. The second kappa shape index (κ2) is 8.15. The molecule has 5 nitrogen and oxygen atoms in total. The van der Waals surface area contributed by atoms with E-state index in [0.29, 0.717) is 0 Å². The van der Waals surface area contributed by atoms with Crippen molar-refractivity contribution in [2.24, 2.45) is 0 Å². The Morgan fingerprint density at radius 2 is 2.00 bits per heavy atom. The number of nitrogens with zero attached hydrogens (tertiary/aromatic N) is 3. The minimum absolute atomic E-state index is 0.738. The van der Waals surface area contributed by atoms with Crippen LogP contribution in [0.15, 0.2) is 18.7 Å². The van der Waals surface area contributed by atoms with Crippen LogP contribution in [-0.2, 0) is 11.3 Å². The number of ether oxygens (including phenoxy) is 1. The van der Waals surface area contributed by atoms with Crippen LogP contribution in [0.5, 0.6) is 0 Å². The molecule has 0 fully saturated rings. The topological polar surface area (TPSA) is 50.3 Å². The molecule has 0 unspecified atom stereocenters. The molecule has 0 saturated carbocycles. The largest absolute Gasteiger partial charge is 0.379 e. The molecule has 90 valence electrons. The van der Waals surface area contributed by atoms with E-state index in [1.165, 1.54) is 6.33 Å². The van der Waals surface area contributed by atoms with Gasteiger partial charge in [0.25, 0.3) is 0 Å². The lowest BCUT2D eigenvalue weighted by Crippen LogP contribution is -2.23. The Morgan fingerprint density at radius 3 is 2.69 bits per heavy atom. The van der Waals surface area contributed by atoms with Crippen molar-refractivity contribution >= 4 is 0 Å².